The van der Waals surface area contributed by atoms with E-state index in [1.807, 2.05) is 0 Å². The maximum Gasteiger partial charge on any atom is 0.108 e. The first kappa shape index (κ1) is 6.44. The average Bonchev–Trinajstić information content (AvgIpc) is 2.83. The molecule has 2 heteroatoms. The van der Waals surface area contributed by atoms with Gasteiger partial charge in [0.2, 0.25) is 0 Å². The second-order valence-corrected chi connectivity index (χ2v) is 3.96. The maximum atomic E-state index is 5.71. The van der Waals surface area contributed by atoms with Crippen molar-refractivity contribution in [2.45, 2.75) is 44.0 Å². The number of hydrogen-bond donors (Lipinski definition) is 0. The van der Waals surface area contributed by atoms with E-state index in [4.69, 9.17) is 9.47 Å². The van der Waals surface area contributed by atoms with Crippen LogP contribution in [0.4, 0.5) is 0 Å². The van der Waals surface area contributed by atoms with Gasteiger partial charge in [0.15, 0.2) is 0 Å². The largest absolute Gasteiger partial charge is 0.375 e. The Kier molecular flexibility index (Phi) is 1.29. The summed E-state index contributed by atoms with van der Waals surface area (Å²) in [7, 11) is 0. The maximum absolute atomic E-state index is 5.71. The summed E-state index contributed by atoms with van der Waals surface area (Å²) in [6, 6.07) is 0. The van der Waals surface area contributed by atoms with Crippen molar-refractivity contribution in [1.82, 2.24) is 0 Å². The molecule has 0 radical (unpaired) electrons. The lowest BCUT2D eigenvalue weighted by Crippen LogP contribution is -2.37. The van der Waals surface area contributed by atoms with Crippen LogP contribution in [0.1, 0.15) is 25.7 Å². The summed E-state index contributed by atoms with van der Waals surface area (Å²) >= 11 is 0. The molecular formula is C9H14O2. The van der Waals surface area contributed by atoms with Gasteiger partial charge in [-0.3, -0.25) is 0 Å². The fraction of sp³-hybridized carbons (Fsp3) is 1.00. The molecule has 11 heavy (non-hydrogen) atoms. The van der Waals surface area contributed by atoms with Crippen LogP contribution < -0.4 is 0 Å². The van der Waals surface area contributed by atoms with Crippen molar-refractivity contribution >= 4 is 0 Å². The third-order valence-corrected chi connectivity index (χ3v) is 3.27. The van der Waals surface area contributed by atoms with Gasteiger partial charge in [0.25, 0.3) is 0 Å². The Morgan fingerprint density at radius 1 is 1.00 bits per heavy atom. The predicted molar refractivity (Wildman–Crippen MR) is 40.4 cm³/mol. The predicted octanol–water partition coefficient (Wildman–Crippen LogP) is 1.34. The zero-order valence-corrected chi connectivity index (χ0v) is 6.66. The first-order valence-corrected chi connectivity index (χ1v) is 4.72. The normalized spacial score (nSPS) is 54.5. The van der Waals surface area contributed by atoms with Crippen molar-refractivity contribution in [3.8, 4) is 0 Å². The fourth-order valence-corrected chi connectivity index (χ4v) is 2.59. The quantitative estimate of drug-likeness (QED) is 0.491. The second-order valence-electron chi connectivity index (χ2n) is 3.96. The van der Waals surface area contributed by atoms with Crippen LogP contribution in [0.2, 0.25) is 0 Å². The van der Waals surface area contributed by atoms with Crippen LogP contribution in [0.5, 0.6) is 0 Å². The third-order valence-electron chi connectivity index (χ3n) is 3.27. The SMILES string of the molecule is C1CC[C@H]2C3OC3CO[C@@H]2C1. The summed E-state index contributed by atoms with van der Waals surface area (Å²) in [5, 5.41) is 0. The number of hydrogen-bond acceptors (Lipinski definition) is 2. The van der Waals surface area contributed by atoms with E-state index in [1.54, 1.807) is 0 Å². The molecule has 62 valence electrons. The van der Waals surface area contributed by atoms with E-state index in [0.29, 0.717) is 18.3 Å². The molecule has 1 saturated carbocycles. The van der Waals surface area contributed by atoms with Gasteiger partial charge >= 0.3 is 0 Å². The first-order valence-electron chi connectivity index (χ1n) is 4.72. The smallest absolute Gasteiger partial charge is 0.108 e. The molecule has 3 fully saturated rings. The van der Waals surface area contributed by atoms with E-state index in [0.717, 1.165) is 12.5 Å². The van der Waals surface area contributed by atoms with Gasteiger partial charge in [0.1, 0.15) is 6.10 Å². The molecule has 0 amide bonds. The van der Waals surface area contributed by atoms with Gasteiger partial charge in [0.05, 0.1) is 18.8 Å². The summed E-state index contributed by atoms with van der Waals surface area (Å²) in [4.78, 5) is 0. The molecule has 4 atom stereocenters. The number of fused-ring (bicyclic) bond motifs is 3. The molecule has 0 spiro atoms. The van der Waals surface area contributed by atoms with Crippen molar-refractivity contribution in [3.63, 3.8) is 0 Å². The van der Waals surface area contributed by atoms with Crippen LogP contribution in [-0.4, -0.2) is 24.9 Å². The highest BCUT2D eigenvalue weighted by Gasteiger charge is 2.52. The third kappa shape index (κ3) is 0.926. The van der Waals surface area contributed by atoms with Gasteiger partial charge in [-0.15, -0.1) is 0 Å². The van der Waals surface area contributed by atoms with E-state index < -0.39 is 0 Å². The molecule has 0 aromatic carbocycles. The summed E-state index contributed by atoms with van der Waals surface area (Å²) in [6.45, 7) is 0.867. The van der Waals surface area contributed by atoms with Crippen molar-refractivity contribution in [2.24, 2.45) is 5.92 Å². The average molecular weight is 154 g/mol. The fourth-order valence-electron chi connectivity index (χ4n) is 2.59. The monoisotopic (exact) mass is 154 g/mol. The molecule has 2 nitrogen and oxygen atoms in total. The molecule has 2 aliphatic heterocycles. The minimum absolute atomic E-state index is 0.481. The Balaban J connectivity index is 1.76. The van der Waals surface area contributed by atoms with Crippen LogP contribution >= 0.6 is 0 Å². The van der Waals surface area contributed by atoms with Gasteiger partial charge < -0.3 is 9.47 Å². The van der Waals surface area contributed by atoms with Crippen molar-refractivity contribution in [1.29, 1.82) is 0 Å². The summed E-state index contributed by atoms with van der Waals surface area (Å²) in [6.07, 6.45) is 6.98. The van der Waals surface area contributed by atoms with Gasteiger partial charge in [-0.25, -0.2) is 0 Å². The van der Waals surface area contributed by atoms with Gasteiger partial charge in [-0.05, 0) is 12.8 Å². The Labute approximate surface area is 66.9 Å². The highest BCUT2D eigenvalue weighted by Crippen LogP contribution is 2.43. The standard InChI is InChI=1S/C9H14O2/c1-2-4-7-6(3-1)9-8(11-9)5-10-7/h6-9H,1-5H2/t6-,7-,8?,9?/m1/s1. The molecular weight excluding hydrogens is 140 g/mol. The van der Waals surface area contributed by atoms with Gasteiger partial charge in [-0.2, -0.15) is 0 Å². The highest BCUT2D eigenvalue weighted by atomic mass is 16.6. The molecule has 2 heterocycles. The minimum atomic E-state index is 0.481. The molecule has 2 saturated heterocycles. The van der Waals surface area contributed by atoms with E-state index in [1.165, 1.54) is 25.7 Å². The number of epoxide rings is 1. The van der Waals surface area contributed by atoms with Crippen LogP contribution in [0, 0.1) is 5.92 Å². The first-order chi connectivity index (χ1) is 5.45. The molecule has 2 unspecified atom stereocenters. The van der Waals surface area contributed by atoms with Crippen LogP contribution in [0.25, 0.3) is 0 Å². The summed E-state index contributed by atoms with van der Waals surface area (Å²) in [5.41, 5.74) is 0. The molecule has 3 rings (SSSR count). The molecule has 0 bridgehead atoms. The van der Waals surface area contributed by atoms with Crippen molar-refractivity contribution in [2.75, 3.05) is 6.61 Å². The molecule has 1 aliphatic carbocycles. The lowest BCUT2D eigenvalue weighted by molar-refractivity contribution is -0.0305. The summed E-state index contributed by atoms with van der Waals surface area (Å²) < 4.78 is 11.2. The number of rotatable bonds is 0. The zero-order valence-electron chi connectivity index (χ0n) is 6.66. The Bertz CT molecular complexity index is 169. The minimum Gasteiger partial charge on any atom is -0.375 e. The lowest BCUT2D eigenvalue weighted by Gasteiger charge is -2.32. The Hall–Kier alpha value is -0.0800. The number of ether oxygens (including phenoxy) is 2. The van der Waals surface area contributed by atoms with Crippen LogP contribution in [0.3, 0.4) is 0 Å². The van der Waals surface area contributed by atoms with Crippen LogP contribution in [-0.2, 0) is 9.47 Å². The zero-order chi connectivity index (χ0) is 7.26. The van der Waals surface area contributed by atoms with Crippen molar-refractivity contribution < 1.29 is 9.47 Å². The molecule has 3 aliphatic rings. The molecule has 0 aromatic rings. The summed E-state index contributed by atoms with van der Waals surface area (Å²) in [5.74, 6) is 0.752. The van der Waals surface area contributed by atoms with Crippen LogP contribution in [0.15, 0.2) is 0 Å². The van der Waals surface area contributed by atoms with E-state index in [-0.39, 0.29) is 0 Å². The van der Waals surface area contributed by atoms with E-state index in [2.05, 4.69) is 0 Å². The topological polar surface area (TPSA) is 21.8 Å². The molecule has 0 aromatic heterocycles. The second kappa shape index (κ2) is 2.20. The Morgan fingerprint density at radius 3 is 2.91 bits per heavy atom. The Morgan fingerprint density at radius 2 is 1.91 bits per heavy atom. The van der Waals surface area contributed by atoms with Gasteiger partial charge in [0, 0.05) is 5.92 Å². The molecule has 0 N–H and O–H groups in total. The van der Waals surface area contributed by atoms with E-state index >= 15 is 0 Å². The van der Waals surface area contributed by atoms with E-state index in [9.17, 15) is 0 Å². The van der Waals surface area contributed by atoms with Crippen molar-refractivity contribution in [3.05, 3.63) is 0 Å². The lowest BCUT2D eigenvalue weighted by atomic mass is 9.82. The highest BCUT2D eigenvalue weighted by molar-refractivity contribution is 4.98. The van der Waals surface area contributed by atoms with Gasteiger partial charge in [-0.1, -0.05) is 12.8 Å².